The highest BCUT2D eigenvalue weighted by molar-refractivity contribution is 7.10. The van der Waals surface area contributed by atoms with Gasteiger partial charge in [0.05, 0.1) is 6.10 Å². The van der Waals surface area contributed by atoms with E-state index in [2.05, 4.69) is 18.4 Å². The minimum absolute atomic E-state index is 0.203. The quantitative estimate of drug-likeness (QED) is 0.788. The number of hydrogen-bond donors (Lipinski definition) is 1. The lowest BCUT2D eigenvalue weighted by molar-refractivity contribution is 0.165. The maximum absolute atomic E-state index is 10.0. The first-order valence-corrected chi connectivity index (χ1v) is 6.43. The largest absolute Gasteiger partial charge is 0.388 e. The Morgan fingerprint density at radius 3 is 3.00 bits per heavy atom. The van der Waals surface area contributed by atoms with E-state index >= 15 is 0 Å². The molecule has 2 heteroatoms. The van der Waals surface area contributed by atoms with Gasteiger partial charge in [-0.25, -0.2) is 0 Å². The molecule has 1 aromatic rings. The van der Waals surface area contributed by atoms with E-state index in [4.69, 9.17) is 0 Å². The number of aliphatic hydroxyl groups excluding tert-OH is 1. The van der Waals surface area contributed by atoms with Gasteiger partial charge in [0.1, 0.15) is 0 Å². The highest BCUT2D eigenvalue weighted by Crippen LogP contribution is 2.37. The van der Waals surface area contributed by atoms with E-state index in [1.807, 2.05) is 0 Å². The monoisotopic (exact) mass is 210 g/mol. The molecule has 1 aliphatic carbocycles. The van der Waals surface area contributed by atoms with Gasteiger partial charge in [-0.1, -0.05) is 19.8 Å². The van der Waals surface area contributed by atoms with Gasteiger partial charge < -0.3 is 5.11 Å². The summed E-state index contributed by atoms with van der Waals surface area (Å²) in [6.45, 7) is 2.15. The van der Waals surface area contributed by atoms with Crippen molar-refractivity contribution in [3.8, 4) is 0 Å². The third-order valence-electron chi connectivity index (χ3n) is 3.01. The Morgan fingerprint density at radius 2 is 2.36 bits per heavy atom. The van der Waals surface area contributed by atoms with Crippen LogP contribution in [-0.2, 0) is 6.42 Å². The topological polar surface area (TPSA) is 20.2 Å². The average molecular weight is 210 g/mol. The molecule has 0 aliphatic heterocycles. The van der Waals surface area contributed by atoms with Gasteiger partial charge in [0, 0.05) is 4.88 Å². The first-order valence-electron chi connectivity index (χ1n) is 5.55. The van der Waals surface area contributed by atoms with Crippen LogP contribution < -0.4 is 0 Å². The number of aryl methyl sites for hydroxylation is 1. The molecule has 1 nitrogen and oxygen atoms in total. The second-order valence-corrected chi connectivity index (χ2v) is 5.15. The van der Waals surface area contributed by atoms with E-state index in [0.717, 1.165) is 18.8 Å². The maximum Gasteiger partial charge on any atom is 0.0884 e. The fourth-order valence-corrected chi connectivity index (χ4v) is 2.88. The predicted octanol–water partition coefficient (Wildman–Crippen LogP) is 3.53. The zero-order chi connectivity index (χ0) is 9.97. The van der Waals surface area contributed by atoms with Gasteiger partial charge in [-0.05, 0) is 42.2 Å². The Labute approximate surface area is 89.8 Å². The first-order chi connectivity index (χ1) is 6.81. The summed E-state index contributed by atoms with van der Waals surface area (Å²) in [6, 6.07) is 2.14. The van der Waals surface area contributed by atoms with E-state index in [1.54, 1.807) is 11.3 Å². The lowest BCUT2D eigenvalue weighted by atomic mass is 10.1. The molecule has 1 N–H and O–H groups in total. The first kappa shape index (κ1) is 10.2. The van der Waals surface area contributed by atoms with Crippen LogP contribution in [-0.4, -0.2) is 5.11 Å². The van der Waals surface area contributed by atoms with E-state index in [9.17, 15) is 5.11 Å². The number of rotatable bonds is 5. The lowest BCUT2D eigenvalue weighted by Gasteiger charge is -2.10. The minimum Gasteiger partial charge on any atom is -0.388 e. The van der Waals surface area contributed by atoms with Crippen LogP contribution in [0.25, 0.3) is 0 Å². The normalized spacial score (nSPS) is 18.4. The third-order valence-corrected chi connectivity index (χ3v) is 4.07. The van der Waals surface area contributed by atoms with Gasteiger partial charge in [-0.3, -0.25) is 0 Å². The number of thiophene rings is 1. The molecule has 1 unspecified atom stereocenters. The Bertz CT molecular complexity index is 288. The molecular weight excluding hydrogens is 192 g/mol. The molecule has 14 heavy (non-hydrogen) atoms. The highest BCUT2D eigenvalue weighted by Gasteiger charge is 2.23. The molecule has 2 rings (SSSR count). The third kappa shape index (κ3) is 2.37. The summed E-state index contributed by atoms with van der Waals surface area (Å²) in [4.78, 5) is 1.20. The molecule has 0 amide bonds. The number of hydrogen-bond acceptors (Lipinski definition) is 2. The van der Waals surface area contributed by atoms with Gasteiger partial charge in [0.2, 0.25) is 0 Å². The fourth-order valence-electron chi connectivity index (χ4n) is 1.86. The van der Waals surface area contributed by atoms with Gasteiger partial charge in [-0.15, -0.1) is 11.3 Å². The summed E-state index contributed by atoms with van der Waals surface area (Å²) >= 11 is 1.70. The van der Waals surface area contributed by atoms with Crippen molar-refractivity contribution < 1.29 is 5.11 Å². The lowest BCUT2D eigenvalue weighted by Crippen LogP contribution is -1.98. The van der Waals surface area contributed by atoms with Crippen molar-refractivity contribution in [1.29, 1.82) is 0 Å². The van der Waals surface area contributed by atoms with Gasteiger partial charge >= 0.3 is 0 Å². The van der Waals surface area contributed by atoms with Gasteiger partial charge in [0.15, 0.2) is 0 Å². The van der Waals surface area contributed by atoms with Crippen LogP contribution in [0.15, 0.2) is 11.4 Å². The van der Waals surface area contributed by atoms with Gasteiger partial charge in [0.25, 0.3) is 0 Å². The van der Waals surface area contributed by atoms with E-state index < -0.39 is 0 Å². The van der Waals surface area contributed by atoms with E-state index in [1.165, 1.54) is 29.7 Å². The molecule has 0 saturated heterocycles. The van der Waals surface area contributed by atoms with Crippen molar-refractivity contribution >= 4 is 11.3 Å². The van der Waals surface area contributed by atoms with Crippen LogP contribution in [0.1, 0.15) is 49.2 Å². The zero-order valence-electron chi connectivity index (χ0n) is 8.70. The van der Waals surface area contributed by atoms with Crippen molar-refractivity contribution in [2.45, 2.75) is 45.1 Å². The summed E-state index contributed by atoms with van der Waals surface area (Å²) in [5, 5.41) is 12.1. The molecule has 0 spiro atoms. The van der Waals surface area contributed by atoms with Gasteiger partial charge in [-0.2, -0.15) is 0 Å². The second-order valence-electron chi connectivity index (χ2n) is 4.20. The molecule has 0 radical (unpaired) electrons. The van der Waals surface area contributed by atoms with Crippen LogP contribution in [0.3, 0.4) is 0 Å². The zero-order valence-corrected chi connectivity index (χ0v) is 9.52. The van der Waals surface area contributed by atoms with E-state index in [-0.39, 0.29) is 6.10 Å². The standard InChI is InChI=1S/C12H18OS/c1-2-10-7-8-14-12(10)11(13)6-5-9-3-4-9/h7-9,11,13H,2-6H2,1H3. The summed E-state index contributed by atoms with van der Waals surface area (Å²) < 4.78 is 0. The summed E-state index contributed by atoms with van der Waals surface area (Å²) in [5.41, 5.74) is 1.33. The molecule has 1 heterocycles. The molecule has 1 saturated carbocycles. The van der Waals surface area contributed by atoms with E-state index in [0.29, 0.717) is 0 Å². The predicted molar refractivity (Wildman–Crippen MR) is 60.6 cm³/mol. The fraction of sp³-hybridized carbons (Fsp3) is 0.667. The summed E-state index contributed by atoms with van der Waals surface area (Å²) in [7, 11) is 0. The van der Waals surface area contributed by atoms with Crippen LogP contribution in [0, 0.1) is 5.92 Å². The Hall–Kier alpha value is -0.340. The summed E-state index contributed by atoms with van der Waals surface area (Å²) in [5.74, 6) is 0.926. The number of aliphatic hydroxyl groups is 1. The van der Waals surface area contributed by atoms with Crippen LogP contribution in [0.4, 0.5) is 0 Å². The smallest absolute Gasteiger partial charge is 0.0884 e. The molecule has 1 atom stereocenters. The molecular formula is C12H18OS. The second kappa shape index (κ2) is 4.45. The van der Waals surface area contributed by atoms with Crippen molar-refractivity contribution in [3.63, 3.8) is 0 Å². The SMILES string of the molecule is CCc1ccsc1C(O)CCC1CC1. The van der Waals surface area contributed by atoms with Crippen molar-refractivity contribution in [1.82, 2.24) is 0 Å². The van der Waals surface area contributed by atoms with Crippen molar-refractivity contribution in [2.24, 2.45) is 5.92 Å². The van der Waals surface area contributed by atoms with Crippen LogP contribution >= 0.6 is 11.3 Å². The average Bonchev–Trinajstić information content (AvgIpc) is 2.90. The minimum atomic E-state index is -0.203. The van der Waals surface area contributed by atoms with Crippen molar-refractivity contribution in [2.75, 3.05) is 0 Å². The molecule has 0 aromatic carbocycles. The molecule has 1 fully saturated rings. The van der Waals surface area contributed by atoms with Crippen molar-refractivity contribution in [3.05, 3.63) is 21.9 Å². The Balaban J connectivity index is 1.91. The summed E-state index contributed by atoms with van der Waals surface area (Å²) in [6.07, 6.45) is 5.78. The molecule has 1 aromatic heterocycles. The Kier molecular flexibility index (Phi) is 3.24. The van der Waals surface area contributed by atoms with Crippen LogP contribution in [0.2, 0.25) is 0 Å². The highest BCUT2D eigenvalue weighted by atomic mass is 32.1. The molecule has 78 valence electrons. The Morgan fingerprint density at radius 1 is 1.57 bits per heavy atom. The maximum atomic E-state index is 10.0. The molecule has 0 bridgehead atoms. The molecule has 1 aliphatic rings. The van der Waals surface area contributed by atoms with Crippen LogP contribution in [0.5, 0.6) is 0 Å².